The number of aryl methyl sites for hydroxylation is 2. The van der Waals surface area contributed by atoms with Crippen LogP contribution in [0.5, 0.6) is 5.75 Å². The van der Waals surface area contributed by atoms with Crippen LogP contribution in [-0.2, 0) is 6.42 Å². The van der Waals surface area contributed by atoms with Crippen molar-refractivity contribution in [3.05, 3.63) is 53.6 Å². The van der Waals surface area contributed by atoms with Crippen molar-refractivity contribution in [1.82, 2.24) is 0 Å². The van der Waals surface area contributed by atoms with Gasteiger partial charge in [-0.15, -0.1) is 0 Å². The topological polar surface area (TPSA) is 20.2 Å². The number of hydrogen-bond donors (Lipinski definition) is 1. The van der Waals surface area contributed by atoms with Gasteiger partial charge >= 0.3 is 0 Å². The molecule has 0 unspecified atom stereocenters. The van der Waals surface area contributed by atoms with E-state index in [1.54, 1.807) is 17.8 Å². The predicted molar refractivity (Wildman–Crippen MR) is 77.4 cm³/mol. The van der Waals surface area contributed by atoms with Gasteiger partial charge in [0.15, 0.2) is 0 Å². The van der Waals surface area contributed by atoms with E-state index in [2.05, 4.69) is 31.2 Å². The van der Waals surface area contributed by atoms with Crippen molar-refractivity contribution in [2.75, 3.05) is 0 Å². The van der Waals surface area contributed by atoms with Crippen molar-refractivity contribution in [3.63, 3.8) is 0 Å². The molecule has 0 aliphatic rings. The molecule has 0 aromatic heterocycles. The number of rotatable bonds is 4. The zero-order valence-electron chi connectivity index (χ0n) is 10.8. The Morgan fingerprint density at radius 1 is 1.06 bits per heavy atom. The maximum atomic E-state index is 9.81. The van der Waals surface area contributed by atoms with Crippen LogP contribution in [0.2, 0.25) is 0 Å². The van der Waals surface area contributed by atoms with E-state index >= 15 is 0 Å². The van der Waals surface area contributed by atoms with Crippen LogP contribution < -0.4 is 0 Å². The molecular formula is C16H18OS. The molecule has 1 N–H and O–H groups in total. The third kappa shape index (κ3) is 3.30. The molecule has 0 amide bonds. The van der Waals surface area contributed by atoms with Crippen molar-refractivity contribution in [3.8, 4) is 5.75 Å². The molecule has 0 spiro atoms. The summed E-state index contributed by atoms with van der Waals surface area (Å²) in [5.74, 6) is 0.350. The van der Waals surface area contributed by atoms with Crippen LogP contribution in [0.1, 0.15) is 24.5 Å². The summed E-state index contributed by atoms with van der Waals surface area (Å²) < 4.78 is 0. The zero-order chi connectivity index (χ0) is 13.0. The number of phenolic OH excluding ortho intramolecular Hbond substituents is 1. The molecule has 0 fully saturated rings. The maximum absolute atomic E-state index is 9.81. The van der Waals surface area contributed by atoms with Gasteiger partial charge < -0.3 is 5.11 Å². The summed E-state index contributed by atoms with van der Waals surface area (Å²) in [6.45, 7) is 4.22. The lowest BCUT2D eigenvalue weighted by Gasteiger charge is -2.06. The van der Waals surface area contributed by atoms with Gasteiger partial charge in [-0.3, -0.25) is 0 Å². The Balaban J connectivity index is 2.15. The molecule has 1 nitrogen and oxygen atoms in total. The molecular weight excluding hydrogens is 240 g/mol. The van der Waals surface area contributed by atoms with Crippen molar-refractivity contribution >= 4 is 11.8 Å². The van der Waals surface area contributed by atoms with Crippen molar-refractivity contribution in [1.29, 1.82) is 0 Å². The number of aromatic hydroxyl groups is 1. The van der Waals surface area contributed by atoms with Crippen LogP contribution in [0.4, 0.5) is 0 Å². The van der Waals surface area contributed by atoms with Crippen molar-refractivity contribution < 1.29 is 5.11 Å². The second-order valence-electron chi connectivity index (χ2n) is 4.47. The first-order valence-corrected chi connectivity index (χ1v) is 7.07. The standard InChI is InChI=1S/C16H18OS/c1-3-4-13-6-8-14(9-7-13)18-16-11-12(2)5-10-15(16)17/h5-11,17H,3-4H2,1-2H3. The minimum atomic E-state index is 0.350. The molecule has 94 valence electrons. The highest BCUT2D eigenvalue weighted by Gasteiger charge is 2.03. The average molecular weight is 258 g/mol. The Hall–Kier alpha value is -1.41. The summed E-state index contributed by atoms with van der Waals surface area (Å²) in [5.41, 5.74) is 2.54. The quantitative estimate of drug-likeness (QED) is 0.849. The van der Waals surface area contributed by atoms with E-state index in [1.807, 2.05) is 19.1 Å². The van der Waals surface area contributed by atoms with Crippen LogP contribution in [0.3, 0.4) is 0 Å². The third-order valence-electron chi connectivity index (χ3n) is 2.81. The molecule has 0 aliphatic heterocycles. The molecule has 0 radical (unpaired) electrons. The number of hydrogen-bond acceptors (Lipinski definition) is 2. The molecule has 0 aliphatic carbocycles. The Kier molecular flexibility index (Phi) is 4.32. The van der Waals surface area contributed by atoms with E-state index < -0.39 is 0 Å². The molecule has 18 heavy (non-hydrogen) atoms. The second-order valence-corrected chi connectivity index (χ2v) is 5.58. The minimum absolute atomic E-state index is 0.350. The van der Waals surface area contributed by atoms with Crippen LogP contribution in [-0.4, -0.2) is 5.11 Å². The first kappa shape index (κ1) is 13.0. The Bertz CT molecular complexity index is 517. The predicted octanol–water partition coefficient (Wildman–Crippen LogP) is 4.80. The molecule has 0 heterocycles. The van der Waals surface area contributed by atoms with Gasteiger partial charge in [-0.25, -0.2) is 0 Å². The summed E-state index contributed by atoms with van der Waals surface area (Å²) in [5, 5.41) is 9.81. The van der Waals surface area contributed by atoms with Gasteiger partial charge in [-0.05, 0) is 48.7 Å². The smallest absolute Gasteiger partial charge is 0.129 e. The lowest BCUT2D eigenvalue weighted by molar-refractivity contribution is 0.462. The lowest BCUT2D eigenvalue weighted by atomic mass is 10.1. The van der Waals surface area contributed by atoms with Crippen LogP contribution in [0.15, 0.2) is 52.3 Å². The second kappa shape index (κ2) is 5.96. The fourth-order valence-electron chi connectivity index (χ4n) is 1.84. The van der Waals surface area contributed by atoms with Crippen molar-refractivity contribution in [2.45, 2.75) is 36.5 Å². The van der Waals surface area contributed by atoms with Crippen LogP contribution in [0, 0.1) is 6.92 Å². The Morgan fingerprint density at radius 2 is 1.78 bits per heavy atom. The highest BCUT2D eigenvalue weighted by atomic mass is 32.2. The largest absolute Gasteiger partial charge is 0.507 e. The number of benzene rings is 2. The van der Waals surface area contributed by atoms with Crippen molar-refractivity contribution in [2.24, 2.45) is 0 Å². The zero-order valence-corrected chi connectivity index (χ0v) is 11.6. The summed E-state index contributed by atoms with van der Waals surface area (Å²) >= 11 is 1.61. The van der Waals surface area contributed by atoms with E-state index in [-0.39, 0.29) is 0 Å². The molecule has 2 aromatic carbocycles. The van der Waals surface area contributed by atoms with Gasteiger partial charge in [0.05, 0.1) is 4.90 Å². The summed E-state index contributed by atoms with van der Waals surface area (Å²) in [7, 11) is 0. The highest BCUT2D eigenvalue weighted by Crippen LogP contribution is 2.34. The summed E-state index contributed by atoms with van der Waals surface area (Å²) in [6, 6.07) is 14.3. The van der Waals surface area contributed by atoms with E-state index in [0.29, 0.717) is 5.75 Å². The van der Waals surface area contributed by atoms with E-state index in [9.17, 15) is 5.11 Å². The fourth-order valence-corrected chi connectivity index (χ4v) is 2.79. The van der Waals surface area contributed by atoms with Gasteiger partial charge in [-0.2, -0.15) is 0 Å². The van der Waals surface area contributed by atoms with Gasteiger partial charge in [0, 0.05) is 4.90 Å². The molecule has 2 heteroatoms. The molecule has 0 saturated carbocycles. The minimum Gasteiger partial charge on any atom is -0.507 e. The van der Waals surface area contributed by atoms with Gasteiger partial charge in [0.2, 0.25) is 0 Å². The molecule has 0 atom stereocenters. The van der Waals surface area contributed by atoms with Gasteiger partial charge in [-0.1, -0.05) is 43.3 Å². The van der Waals surface area contributed by atoms with Crippen LogP contribution >= 0.6 is 11.8 Å². The third-order valence-corrected chi connectivity index (χ3v) is 3.86. The van der Waals surface area contributed by atoms with Gasteiger partial charge in [0.25, 0.3) is 0 Å². The van der Waals surface area contributed by atoms with Crippen LogP contribution in [0.25, 0.3) is 0 Å². The van der Waals surface area contributed by atoms with E-state index in [4.69, 9.17) is 0 Å². The van der Waals surface area contributed by atoms with E-state index in [0.717, 1.165) is 21.8 Å². The summed E-state index contributed by atoms with van der Waals surface area (Å²) in [6.07, 6.45) is 2.30. The van der Waals surface area contributed by atoms with Gasteiger partial charge in [0.1, 0.15) is 5.75 Å². The Morgan fingerprint density at radius 3 is 2.44 bits per heavy atom. The first-order chi connectivity index (χ1) is 8.69. The summed E-state index contributed by atoms with van der Waals surface area (Å²) in [4.78, 5) is 2.08. The molecule has 0 bridgehead atoms. The first-order valence-electron chi connectivity index (χ1n) is 6.25. The maximum Gasteiger partial charge on any atom is 0.129 e. The molecule has 0 saturated heterocycles. The average Bonchev–Trinajstić information content (AvgIpc) is 2.37. The van der Waals surface area contributed by atoms with E-state index in [1.165, 1.54) is 12.0 Å². The lowest BCUT2D eigenvalue weighted by Crippen LogP contribution is -1.83. The highest BCUT2D eigenvalue weighted by molar-refractivity contribution is 7.99. The SMILES string of the molecule is CCCc1ccc(Sc2cc(C)ccc2O)cc1. The molecule has 2 aromatic rings. The normalized spacial score (nSPS) is 10.6. The monoisotopic (exact) mass is 258 g/mol. The Labute approximate surface area is 113 Å². The number of phenols is 1. The fraction of sp³-hybridized carbons (Fsp3) is 0.250. The molecule has 2 rings (SSSR count).